The molecule has 0 heterocycles. The topological polar surface area (TPSA) is 26.3 Å². The monoisotopic (exact) mass is 134 g/mol. The highest BCUT2D eigenvalue weighted by atomic mass is 16.5. The van der Waals surface area contributed by atoms with E-state index in [1.54, 1.807) is 0 Å². The van der Waals surface area contributed by atoms with Gasteiger partial charge in [-0.3, -0.25) is 4.79 Å². The molecule has 0 aromatic carbocycles. The van der Waals surface area contributed by atoms with E-state index < -0.39 is 0 Å². The average molecular weight is 134 g/mol. The van der Waals surface area contributed by atoms with Crippen molar-refractivity contribution in [1.82, 2.24) is 0 Å². The summed E-state index contributed by atoms with van der Waals surface area (Å²) in [7, 11) is 0. The maximum Gasteiger partial charge on any atom is 0.308 e. The Morgan fingerprint density at radius 3 is 2.60 bits per heavy atom. The molecular weight excluding hydrogens is 128 g/mol. The molecule has 2 rings (SSSR count). The van der Waals surface area contributed by atoms with Crippen LogP contribution in [0.3, 0.4) is 0 Å². The second kappa shape index (κ2) is 1.59. The molecule has 0 aliphatic heterocycles. The fourth-order valence-electron chi connectivity index (χ4n) is 0.994. The van der Waals surface area contributed by atoms with Crippen molar-refractivity contribution in [2.45, 2.75) is 6.92 Å². The van der Waals surface area contributed by atoms with Crippen LogP contribution in [-0.4, -0.2) is 5.97 Å². The normalized spacial score (nSPS) is 10.9. The van der Waals surface area contributed by atoms with Crippen molar-refractivity contribution in [3.05, 3.63) is 28.6 Å². The lowest BCUT2D eigenvalue weighted by molar-refractivity contribution is -0.132. The highest BCUT2D eigenvalue weighted by molar-refractivity contribution is 5.70. The van der Waals surface area contributed by atoms with Gasteiger partial charge in [0.15, 0.2) is 0 Å². The van der Waals surface area contributed by atoms with Crippen LogP contribution in [0.25, 0.3) is 0 Å². The van der Waals surface area contributed by atoms with Gasteiger partial charge >= 0.3 is 5.97 Å². The molecule has 0 unspecified atom stereocenters. The molecule has 0 fully saturated rings. The fourth-order valence-corrected chi connectivity index (χ4v) is 0.994. The van der Waals surface area contributed by atoms with Crippen LogP contribution in [0.4, 0.5) is 0 Å². The summed E-state index contributed by atoms with van der Waals surface area (Å²) in [5.74, 6) is 0.461. The van der Waals surface area contributed by atoms with E-state index in [0.29, 0.717) is 5.75 Å². The van der Waals surface area contributed by atoms with E-state index in [1.807, 2.05) is 18.2 Å². The maximum atomic E-state index is 10.4. The van der Waals surface area contributed by atoms with Crippen LogP contribution in [0.15, 0.2) is 18.2 Å². The zero-order valence-corrected chi connectivity index (χ0v) is 5.55. The van der Waals surface area contributed by atoms with Gasteiger partial charge in [0.2, 0.25) is 0 Å². The van der Waals surface area contributed by atoms with Crippen molar-refractivity contribution in [2.75, 3.05) is 0 Å². The Kier molecular flexibility index (Phi) is 0.873. The largest absolute Gasteiger partial charge is 0.426 e. The Balaban J connectivity index is 2.27. The van der Waals surface area contributed by atoms with Gasteiger partial charge in [0, 0.05) is 12.1 Å². The van der Waals surface area contributed by atoms with Crippen molar-refractivity contribution in [3.8, 4) is 5.75 Å². The molecule has 10 heavy (non-hydrogen) atoms. The predicted octanol–water partition coefficient (Wildman–Crippen LogP) is 1.21. The summed E-state index contributed by atoms with van der Waals surface area (Å²) < 4.78 is 4.83. The summed E-state index contributed by atoms with van der Waals surface area (Å²) in [6, 6.07) is 5.78. The number of esters is 1. The number of rotatable bonds is 1. The quantitative estimate of drug-likeness (QED) is 0.433. The predicted molar refractivity (Wildman–Crippen MR) is 35.4 cm³/mol. The SMILES string of the molecule is CC(=O)Oc1cc2ccc1=2. The number of ether oxygens (including phenoxy) is 1. The lowest BCUT2D eigenvalue weighted by Crippen LogP contribution is -2.05. The summed E-state index contributed by atoms with van der Waals surface area (Å²) >= 11 is 0. The first-order valence-electron chi connectivity index (χ1n) is 3.10. The lowest BCUT2D eigenvalue weighted by atomic mass is 10.1. The minimum Gasteiger partial charge on any atom is -0.426 e. The molecule has 0 atom stereocenters. The Labute approximate surface area is 57.7 Å². The van der Waals surface area contributed by atoms with Gasteiger partial charge in [0.25, 0.3) is 0 Å². The highest BCUT2D eigenvalue weighted by Crippen LogP contribution is 2.23. The Hall–Kier alpha value is -1.31. The Morgan fingerprint density at radius 2 is 2.30 bits per heavy atom. The molecule has 0 aromatic heterocycles. The van der Waals surface area contributed by atoms with E-state index in [9.17, 15) is 4.79 Å². The third-order valence-electron chi connectivity index (χ3n) is 1.55. The zero-order chi connectivity index (χ0) is 7.14. The third-order valence-corrected chi connectivity index (χ3v) is 1.55. The molecule has 2 aliphatic carbocycles. The summed E-state index contributed by atoms with van der Waals surface area (Å²) in [6.07, 6.45) is 0. The maximum absolute atomic E-state index is 10.4. The molecule has 2 heteroatoms. The molecule has 50 valence electrons. The molecule has 0 spiro atoms. The van der Waals surface area contributed by atoms with E-state index in [0.717, 1.165) is 5.22 Å². The van der Waals surface area contributed by atoms with E-state index in [2.05, 4.69) is 0 Å². The highest BCUT2D eigenvalue weighted by Gasteiger charge is 2.07. The van der Waals surface area contributed by atoms with Crippen LogP contribution < -0.4 is 4.74 Å². The molecule has 0 bridgehead atoms. The second-order valence-corrected chi connectivity index (χ2v) is 2.30. The third kappa shape index (κ3) is 0.559. The molecule has 0 aromatic rings. The molecule has 0 saturated carbocycles. The van der Waals surface area contributed by atoms with Gasteiger partial charge in [-0.1, -0.05) is 12.1 Å². The molecule has 2 nitrogen and oxygen atoms in total. The van der Waals surface area contributed by atoms with Crippen molar-refractivity contribution < 1.29 is 9.53 Å². The smallest absolute Gasteiger partial charge is 0.308 e. The number of hydrogen-bond donors (Lipinski definition) is 0. The van der Waals surface area contributed by atoms with Crippen LogP contribution in [0, 0.1) is 10.4 Å². The van der Waals surface area contributed by atoms with Gasteiger partial charge in [0.05, 0.1) is 0 Å². The van der Waals surface area contributed by atoms with Crippen LogP contribution in [-0.2, 0) is 4.79 Å². The van der Waals surface area contributed by atoms with Gasteiger partial charge in [0.1, 0.15) is 5.75 Å². The van der Waals surface area contributed by atoms with Crippen LogP contribution in [0.5, 0.6) is 5.75 Å². The van der Waals surface area contributed by atoms with Crippen LogP contribution >= 0.6 is 0 Å². The van der Waals surface area contributed by atoms with Crippen LogP contribution in [0.2, 0.25) is 0 Å². The molecule has 0 amide bonds. The van der Waals surface area contributed by atoms with E-state index in [-0.39, 0.29) is 5.97 Å². The Morgan fingerprint density at radius 1 is 1.50 bits per heavy atom. The molecule has 0 saturated heterocycles. The van der Waals surface area contributed by atoms with Crippen LogP contribution in [0.1, 0.15) is 6.92 Å². The summed E-state index contributed by atoms with van der Waals surface area (Å²) in [5.41, 5.74) is 0. The minimum absolute atomic E-state index is 0.252. The van der Waals surface area contributed by atoms with Gasteiger partial charge in [-0.05, 0) is 11.3 Å². The molecule has 0 radical (unpaired) electrons. The van der Waals surface area contributed by atoms with Crippen molar-refractivity contribution in [2.24, 2.45) is 0 Å². The summed E-state index contributed by atoms with van der Waals surface area (Å²) in [5, 5.41) is 2.27. The summed E-state index contributed by atoms with van der Waals surface area (Å²) in [4.78, 5) is 10.4. The second-order valence-electron chi connectivity index (χ2n) is 2.30. The Bertz CT molecular complexity index is 379. The number of hydrogen-bond acceptors (Lipinski definition) is 2. The van der Waals surface area contributed by atoms with E-state index >= 15 is 0 Å². The van der Waals surface area contributed by atoms with Gasteiger partial charge < -0.3 is 4.74 Å². The fraction of sp³-hybridized carbons (Fsp3) is 0.125. The molecule has 2 aliphatic rings. The van der Waals surface area contributed by atoms with E-state index in [1.165, 1.54) is 12.1 Å². The number of carbonyl (C=O) groups is 1. The van der Waals surface area contributed by atoms with E-state index in [4.69, 9.17) is 4.74 Å². The lowest BCUT2D eigenvalue weighted by Gasteiger charge is -2.09. The van der Waals surface area contributed by atoms with Gasteiger partial charge in [-0.2, -0.15) is 0 Å². The van der Waals surface area contributed by atoms with Crippen molar-refractivity contribution in [1.29, 1.82) is 0 Å². The van der Waals surface area contributed by atoms with Gasteiger partial charge in [-0.25, -0.2) is 0 Å². The number of benzene rings is 1. The zero-order valence-electron chi connectivity index (χ0n) is 5.55. The minimum atomic E-state index is -0.252. The van der Waals surface area contributed by atoms with Crippen molar-refractivity contribution in [3.63, 3.8) is 0 Å². The first-order valence-corrected chi connectivity index (χ1v) is 3.10. The van der Waals surface area contributed by atoms with Crippen molar-refractivity contribution >= 4 is 5.97 Å². The van der Waals surface area contributed by atoms with Gasteiger partial charge in [-0.15, -0.1) is 0 Å². The first kappa shape index (κ1) is 5.47. The first-order chi connectivity index (χ1) is 4.77. The molecule has 0 N–H and O–H groups in total. The number of carbonyl (C=O) groups excluding carboxylic acids is 1. The average Bonchev–Trinajstić information content (AvgIpc) is 1.80. The summed E-state index contributed by atoms with van der Waals surface area (Å²) in [6.45, 7) is 1.40. The standard InChI is InChI=1S/C8H6O2/c1-5(9)10-8-4-6-2-3-7(6)8/h2-4H,1H3. The molecular formula is C8H6O2.